The SMILES string of the molecule is Cc1ccnc(Oc2cc(F)c(N)cc2F)c1Br. The average molecular weight is 315 g/mol. The van der Waals surface area contributed by atoms with Crippen molar-refractivity contribution in [1.29, 1.82) is 0 Å². The molecule has 1 aromatic heterocycles. The van der Waals surface area contributed by atoms with Gasteiger partial charge >= 0.3 is 0 Å². The Hall–Kier alpha value is -1.69. The molecule has 0 saturated heterocycles. The number of pyridine rings is 1. The molecule has 0 bridgehead atoms. The molecule has 3 nitrogen and oxygen atoms in total. The van der Waals surface area contributed by atoms with Gasteiger partial charge in [-0.15, -0.1) is 0 Å². The second-order valence-corrected chi connectivity index (χ2v) is 4.45. The molecule has 0 atom stereocenters. The zero-order chi connectivity index (χ0) is 13.3. The second kappa shape index (κ2) is 4.89. The van der Waals surface area contributed by atoms with E-state index in [0.29, 0.717) is 4.47 Å². The summed E-state index contributed by atoms with van der Waals surface area (Å²) < 4.78 is 32.6. The van der Waals surface area contributed by atoms with E-state index in [0.717, 1.165) is 17.7 Å². The third-order valence-electron chi connectivity index (χ3n) is 2.31. The van der Waals surface area contributed by atoms with Crippen LogP contribution in [0.4, 0.5) is 14.5 Å². The molecular weight excluding hydrogens is 306 g/mol. The number of hydrogen-bond donors (Lipinski definition) is 1. The summed E-state index contributed by atoms with van der Waals surface area (Å²) in [7, 11) is 0. The molecule has 0 spiro atoms. The summed E-state index contributed by atoms with van der Waals surface area (Å²) >= 11 is 3.27. The molecule has 0 saturated carbocycles. The maximum Gasteiger partial charge on any atom is 0.234 e. The van der Waals surface area contributed by atoms with Gasteiger partial charge in [0.1, 0.15) is 5.82 Å². The van der Waals surface area contributed by atoms with Crippen LogP contribution in [0.3, 0.4) is 0 Å². The Labute approximate surface area is 111 Å². The number of anilines is 1. The number of ether oxygens (including phenoxy) is 1. The van der Waals surface area contributed by atoms with Crippen LogP contribution in [-0.4, -0.2) is 4.98 Å². The van der Waals surface area contributed by atoms with Crippen LogP contribution >= 0.6 is 15.9 Å². The topological polar surface area (TPSA) is 48.1 Å². The Morgan fingerprint density at radius 3 is 2.72 bits per heavy atom. The van der Waals surface area contributed by atoms with E-state index in [9.17, 15) is 8.78 Å². The molecule has 2 aromatic rings. The van der Waals surface area contributed by atoms with E-state index in [-0.39, 0.29) is 17.3 Å². The van der Waals surface area contributed by atoms with E-state index in [1.807, 2.05) is 6.92 Å². The molecule has 1 heterocycles. The molecule has 0 radical (unpaired) electrons. The van der Waals surface area contributed by atoms with Crippen LogP contribution < -0.4 is 10.5 Å². The fourth-order valence-electron chi connectivity index (χ4n) is 1.31. The largest absolute Gasteiger partial charge is 0.435 e. The zero-order valence-corrected chi connectivity index (χ0v) is 11.0. The number of aryl methyl sites for hydroxylation is 1. The van der Waals surface area contributed by atoms with Gasteiger partial charge < -0.3 is 10.5 Å². The monoisotopic (exact) mass is 314 g/mol. The molecule has 18 heavy (non-hydrogen) atoms. The lowest BCUT2D eigenvalue weighted by atomic mass is 10.3. The molecule has 0 fully saturated rings. The predicted molar refractivity (Wildman–Crippen MR) is 67.5 cm³/mol. The number of benzene rings is 1. The van der Waals surface area contributed by atoms with Crippen molar-refractivity contribution in [3.8, 4) is 11.6 Å². The van der Waals surface area contributed by atoms with Crippen LogP contribution in [0.1, 0.15) is 5.56 Å². The number of hydrogen-bond acceptors (Lipinski definition) is 3. The molecule has 0 aliphatic heterocycles. The summed E-state index contributed by atoms with van der Waals surface area (Å²) in [5.41, 5.74) is 5.85. The number of nitrogens with two attached hydrogens (primary N) is 1. The lowest BCUT2D eigenvalue weighted by molar-refractivity contribution is 0.420. The van der Waals surface area contributed by atoms with E-state index in [1.54, 1.807) is 6.07 Å². The van der Waals surface area contributed by atoms with Gasteiger partial charge in [-0.3, -0.25) is 0 Å². The highest BCUT2D eigenvalue weighted by atomic mass is 79.9. The minimum atomic E-state index is -0.746. The summed E-state index contributed by atoms with van der Waals surface area (Å²) in [6.45, 7) is 1.83. The van der Waals surface area contributed by atoms with Crippen LogP contribution in [0, 0.1) is 18.6 Å². The van der Waals surface area contributed by atoms with Gasteiger partial charge in [0.25, 0.3) is 0 Å². The third kappa shape index (κ3) is 2.43. The van der Waals surface area contributed by atoms with Crippen LogP contribution in [0.5, 0.6) is 11.6 Å². The highest BCUT2D eigenvalue weighted by Crippen LogP contribution is 2.32. The number of rotatable bonds is 2. The first-order valence-corrected chi connectivity index (χ1v) is 5.82. The van der Waals surface area contributed by atoms with Crippen molar-refractivity contribution >= 4 is 21.6 Å². The molecule has 0 amide bonds. The van der Waals surface area contributed by atoms with E-state index >= 15 is 0 Å². The molecule has 94 valence electrons. The molecule has 1 aromatic carbocycles. The Balaban J connectivity index is 2.40. The maximum absolute atomic E-state index is 13.5. The average Bonchev–Trinajstić information content (AvgIpc) is 2.32. The Bertz CT molecular complexity index is 605. The van der Waals surface area contributed by atoms with Gasteiger partial charge in [0.05, 0.1) is 10.2 Å². The standard InChI is InChI=1S/C12H9BrF2N2O/c1-6-2-3-17-12(11(6)13)18-10-5-7(14)9(16)4-8(10)15/h2-5H,16H2,1H3. The van der Waals surface area contributed by atoms with Gasteiger partial charge in [-0.05, 0) is 34.5 Å². The van der Waals surface area contributed by atoms with Crippen molar-refractivity contribution in [3.63, 3.8) is 0 Å². The normalized spacial score (nSPS) is 10.4. The van der Waals surface area contributed by atoms with Crippen molar-refractivity contribution in [2.24, 2.45) is 0 Å². The number of halogens is 3. The summed E-state index contributed by atoms with van der Waals surface area (Å²) in [4.78, 5) is 3.94. The van der Waals surface area contributed by atoms with Gasteiger partial charge in [0.15, 0.2) is 11.6 Å². The van der Waals surface area contributed by atoms with Crippen molar-refractivity contribution in [1.82, 2.24) is 4.98 Å². The Kier molecular flexibility index (Phi) is 3.47. The summed E-state index contributed by atoms with van der Waals surface area (Å²) in [5.74, 6) is -1.59. The molecule has 0 unspecified atom stereocenters. The fourth-order valence-corrected chi connectivity index (χ4v) is 1.63. The van der Waals surface area contributed by atoms with Crippen LogP contribution in [0.2, 0.25) is 0 Å². The zero-order valence-electron chi connectivity index (χ0n) is 9.38. The van der Waals surface area contributed by atoms with E-state index < -0.39 is 11.6 Å². The second-order valence-electron chi connectivity index (χ2n) is 3.65. The van der Waals surface area contributed by atoms with Gasteiger partial charge in [-0.1, -0.05) is 0 Å². The minimum Gasteiger partial charge on any atom is -0.435 e. The van der Waals surface area contributed by atoms with Crippen molar-refractivity contribution in [2.45, 2.75) is 6.92 Å². The maximum atomic E-state index is 13.5. The molecule has 2 N–H and O–H groups in total. The van der Waals surface area contributed by atoms with E-state index in [4.69, 9.17) is 10.5 Å². The van der Waals surface area contributed by atoms with Crippen LogP contribution in [0.15, 0.2) is 28.9 Å². The van der Waals surface area contributed by atoms with Gasteiger partial charge in [-0.25, -0.2) is 13.8 Å². The number of aromatic nitrogens is 1. The third-order valence-corrected chi connectivity index (χ3v) is 3.27. The van der Waals surface area contributed by atoms with Crippen LogP contribution in [-0.2, 0) is 0 Å². The first kappa shape index (κ1) is 12.8. The van der Waals surface area contributed by atoms with Crippen molar-refractivity contribution in [2.75, 3.05) is 5.73 Å². The van der Waals surface area contributed by atoms with Gasteiger partial charge in [-0.2, -0.15) is 0 Å². The number of nitrogens with zero attached hydrogens (tertiary/aromatic N) is 1. The molecule has 0 aliphatic carbocycles. The summed E-state index contributed by atoms with van der Waals surface area (Å²) in [5, 5.41) is 0. The lowest BCUT2D eigenvalue weighted by Gasteiger charge is -2.09. The molecule has 2 rings (SSSR count). The Morgan fingerprint density at radius 2 is 2.00 bits per heavy atom. The molecular formula is C12H9BrF2N2O. The quantitative estimate of drug-likeness (QED) is 0.858. The summed E-state index contributed by atoms with van der Waals surface area (Å²) in [6, 6.07) is 3.52. The molecule has 6 heteroatoms. The highest BCUT2D eigenvalue weighted by Gasteiger charge is 2.13. The smallest absolute Gasteiger partial charge is 0.234 e. The first-order valence-electron chi connectivity index (χ1n) is 5.02. The Morgan fingerprint density at radius 1 is 1.28 bits per heavy atom. The fraction of sp³-hybridized carbons (Fsp3) is 0.0833. The van der Waals surface area contributed by atoms with E-state index in [1.165, 1.54) is 6.20 Å². The van der Waals surface area contributed by atoms with Gasteiger partial charge in [0.2, 0.25) is 5.88 Å². The highest BCUT2D eigenvalue weighted by molar-refractivity contribution is 9.10. The van der Waals surface area contributed by atoms with Crippen LogP contribution in [0.25, 0.3) is 0 Å². The van der Waals surface area contributed by atoms with Crippen molar-refractivity contribution < 1.29 is 13.5 Å². The first-order chi connectivity index (χ1) is 8.49. The minimum absolute atomic E-state index is 0.165. The lowest BCUT2D eigenvalue weighted by Crippen LogP contribution is -1.97. The summed E-state index contributed by atoms with van der Waals surface area (Å²) in [6.07, 6.45) is 1.51. The number of nitrogen functional groups attached to an aromatic ring is 1. The van der Waals surface area contributed by atoms with E-state index in [2.05, 4.69) is 20.9 Å². The predicted octanol–water partition coefficient (Wildman–Crippen LogP) is 3.81. The van der Waals surface area contributed by atoms with Crippen molar-refractivity contribution in [3.05, 3.63) is 46.1 Å². The molecule has 0 aliphatic rings. The van der Waals surface area contributed by atoms with Gasteiger partial charge in [0, 0.05) is 18.3 Å².